The fraction of sp³-hybridized carbons (Fsp3) is 0.412. The van der Waals surface area contributed by atoms with Gasteiger partial charge in [-0.25, -0.2) is 0 Å². The van der Waals surface area contributed by atoms with Gasteiger partial charge in [0, 0.05) is 24.3 Å². The summed E-state index contributed by atoms with van der Waals surface area (Å²) in [7, 11) is 0. The van der Waals surface area contributed by atoms with Crippen LogP contribution in [0.2, 0.25) is 5.02 Å². The van der Waals surface area contributed by atoms with Crippen LogP contribution >= 0.6 is 11.6 Å². The molecule has 23 heavy (non-hydrogen) atoms. The minimum absolute atomic E-state index is 0.139. The minimum atomic E-state index is -0.139. The van der Waals surface area contributed by atoms with Crippen LogP contribution in [0, 0.1) is 0 Å². The van der Waals surface area contributed by atoms with Crippen LogP contribution < -0.4 is 10.6 Å². The number of nitrogens with one attached hydrogen (secondary N) is 2. The molecular weight excluding hydrogens is 312 g/mol. The molecule has 3 rings (SSSR count). The van der Waals surface area contributed by atoms with Crippen molar-refractivity contribution in [3.8, 4) is 0 Å². The lowest BCUT2D eigenvalue weighted by atomic mass is 10.1. The molecule has 1 aromatic heterocycles. The van der Waals surface area contributed by atoms with Crippen LogP contribution in [0.4, 0.5) is 0 Å². The number of amides is 1. The number of benzene rings is 1. The fourth-order valence-electron chi connectivity index (χ4n) is 2.82. The molecule has 1 fully saturated rings. The first-order valence-corrected chi connectivity index (χ1v) is 8.39. The van der Waals surface area contributed by atoms with Crippen molar-refractivity contribution in [2.75, 3.05) is 19.6 Å². The second kappa shape index (κ2) is 7.62. The summed E-state index contributed by atoms with van der Waals surface area (Å²) in [5, 5.41) is 11.4. The van der Waals surface area contributed by atoms with Gasteiger partial charge in [0.05, 0.1) is 6.04 Å². The summed E-state index contributed by atoms with van der Waals surface area (Å²) >= 11 is 6.11. The Bertz CT molecular complexity index is 664. The highest BCUT2D eigenvalue weighted by atomic mass is 35.5. The predicted octanol–water partition coefficient (Wildman–Crippen LogP) is 2.43. The van der Waals surface area contributed by atoms with Crippen molar-refractivity contribution in [2.45, 2.75) is 25.3 Å². The number of hydrogen-bond donors (Lipinski definition) is 2. The predicted molar refractivity (Wildman–Crippen MR) is 90.9 cm³/mol. The molecule has 6 heteroatoms. The van der Waals surface area contributed by atoms with E-state index in [9.17, 15) is 4.79 Å². The molecule has 0 saturated carbocycles. The van der Waals surface area contributed by atoms with Gasteiger partial charge in [-0.1, -0.05) is 29.8 Å². The smallest absolute Gasteiger partial charge is 0.271 e. The maximum absolute atomic E-state index is 12.2. The second-order valence-electron chi connectivity index (χ2n) is 5.78. The average molecular weight is 333 g/mol. The lowest BCUT2D eigenvalue weighted by molar-refractivity contribution is 0.0948. The van der Waals surface area contributed by atoms with Crippen LogP contribution in [0.1, 0.15) is 34.9 Å². The summed E-state index contributed by atoms with van der Waals surface area (Å²) in [4.78, 5) is 12.2. The Hall–Kier alpha value is -1.85. The van der Waals surface area contributed by atoms with Crippen molar-refractivity contribution in [1.29, 1.82) is 0 Å². The zero-order chi connectivity index (χ0) is 16.1. The topological polar surface area (TPSA) is 59.0 Å². The average Bonchev–Trinajstić information content (AvgIpc) is 3.07. The number of halogens is 1. The van der Waals surface area contributed by atoms with Gasteiger partial charge in [-0.2, -0.15) is 5.10 Å². The molecule has 1 atom stereocenters. The van der Waals surface area contributed by atoms with Crippen molar-refractivity contribution in [2.24, 2.45) is 0 Å². The Morgan fingerprint density at radius 1 is 1.39 bits per heavy atom. The van der Waals surface area contributed by atoms with Gasteiger partial charge >= 0.3 is 0 Å². The number of aromatic nitrogens is 2. The summed E-state index contributed by atoms with van der Waals surface area (Å²) in [6, 6.07) is 9.80. The maximum Gasteiger partial charge on any atom is 0.271 e. The van der Waals surface area contributed by atoms with E-state index in [-0.39, 0.29) is 5.91 Å². The summed E-state index contributed by atoms with van der Waals surface area (Å²) in [5.74, 6) is -0.139. The zero-order valence-electron chi connectivity index (χ0n) is 13.0. The third-order valence-electron chi connectivity index (χ3n) is 4.12. The van der Waals surface area contributed by atoms with Crippen molar-refractivity contribution in [3.05, 3.63) is 52.8 Å². The molecule has 2 N–H and O–H groups in total. The lowest BCUT2D eigenvalue weighted by Gasteiger charge is -2.22. The summed E-state index contributed by atoms with van der Waals surface area (Å²) < 4.78 is 1.90. The highest BCUT2D eigenvalue weighted by Gasteiger charge is 2.17. The van der Waals surface area contributed by atoms with Crippen LogP contribution in [0.3, 0.4) is 0 Å². The van der Waals surface area contributed by atoms with Crippen molar-refractivity contribution in [1.82, 2.24) is 20.4 Å². The molecule has 0 aliphatic carbocycles. The van der Waals surface area contributed by atoms with E-state index < -0.39 is 0 Å². The van der Waals surface area contributed by atoms with Gasteiger partial charge in [0.2, 0.25) is 0 Å². The molecule has 1 aromatic carbocycles. The number of nitrogens with zero attached hydrogens (tertiary/aromatic N) is 2. The van der Waals surface area contributed by atoms with Crippen molar-refractivity contribution >= 4 is 17.5 Å². The van der Waals surface area contributed by atoms with Gasteiger partial charge in [-0.15, -0.1) is 0 Å². The lowest BCUT2D eigenvalue weighted by Crippen LogP contribution is -2.32. The Morgan fingerprint density at radius 2 is 2.26 bits per heavy atom. The van der Waals surface area contributed by atoms with E-state index in [1.807, 2.05) is 35.1 Å². The molecule has 1 amide bonds. The van der Waals surface area contributed by atoms with Gasteiger partial charge in [-0.3, -0.25) is 9.48 Å². The highest BCUT2D eigenvalue weighted by Crippen LogP contribution is 2.16. The number of rotatable bonds is 5. The molecule has 1 unspecified atom stereocenters. The number of carbonyl (C=O) groups is 1. The highest BCUT2D eigenvalue weighted by molar-refractivity contribution is 6.31. The molecule has 1 aliphatic heterocycles. The van der Waals surface area contributed by atoms with Crippen molar-refractivity contribution in [3.63, 3.8) is 0 Å². The summed E-state index contributed by atoms with van der Waals surface area (Å²) in [6.45, 7) is 2.52. The Morgan fingerprint density at radius 3 is 3.04 bits per heavy atom. The quantitative estimate of drug-likeness (QED) is 0.884. The van der Waals surface area contributed by atoms with E-state index in [1.165, 1.54) is 0 Å². The van der Waals surface area contributed by atoms with E-state index in [1.54, 1.807) is 6.07 Å². The van der Waals surface area contributed by atoms with Crippen molar-refractivity contribution < 1.29 is 4.79 Å². The third kappa shape index (κ3) is 4.12. The Balaban J connectivity index is 1.52. The summed E-state index contributed by atoms with van der Waals surface area (Å²) in [5.41, 5.74) is 1.50. The third-order valence-corrected chi connectivity index (χ3v) is 4.49. The summed E-state index contributed by atoms with van der Waals surface area (Å²) in [6.07, 6.45) is 4.84. The molecule has 5 nitrogen and oxygen atoms in total. The molecule has 0 radical (unpaired) electrons. The number of piperidine rings is 1. The van der Waals surface area contributed by atoms with E-state index in [2.05, 4.69) is 15.7 Å². The van der Waals surface area contributed by atoms with E-state index in [0.29, 0.717) is 24.7 Å². The first-order chi connectivity index (χ1) is 11.2. The van der Waals surface area contributed by atoms with Crippen LogP contribution in [0.15, 0.2) is 36.5 Å². The van der Waals surface area contributed by atoms with E-state index in [0.717, 1.165) is 36.5 Å². The molecule has 2 aromatic rings. The molecule has 0 spiro atoms. The second-order valence-corrected chi connectivity index (χ2v) is 6.19. The molecular formula is C17H21ClN4O. The molecule has 122 valence electrons. The van der Waals surface area contributed by atoms with Crippen LogP contribution in [-0.4, -0.2) is 35.3 Å². The maximum atomic E-state index is 12.2. The van der Waals surface area contributed by atoms with Crippen LogP contribution in [0.5, 0.6) is 0 Å². The van der Waals surface area contributed by atoms with Gasteiger partial charge in [-0.05, 0) is 43.5 Å². The van der Waals surface area contributed by atoms with Gasteiger partial charge < -0.3 is 10.6 Å². The fourth-order valence-corrected chi connectivity index (χ4v) is 3.05. The monoisotopic (exact) mass is 332 g/mol. The Kier molecular flexibility index (Phi) is 5.31. The first kappa shape index (κ1) is 16.0. The standard InChI is InChI=1S/C17H21ClN4O/c18-15-6-2-1-4-13(15)7-10-20-17(23)16-8-11-22(21-16)14-5-3-9-19-12-14/h1-2,4,6,8,11,14,19H,3,5,7,9-10,12H2,(H,20,23). The molecule has 1 saturated heterocycles. The SMILES string of the molecule is O=C(NCCc1ccccc1Cl)c1ccn(C2CCCNC2)n1. The van der Waals surface area contributed by atoms with Gasteiger partial charge in [0.1, 0.15) is 5.69 Å². The van der Waals surface area contributed by atoms with Crippen LogP contribution in [-0.2, 0) is 6.42 Å². The largest absolute Gasteiger partial charge is 0.350 e. The molecule has 2 heterocycles. The molecule has 0 bridgehead atoms. The molecule has 1 aliphatic rings. The number of hydrogen-bond acceptors (Lipinski definition) is 3. The number of carbonyl (C=O) groups excluding carboxylic acids is 1. The van der Waals surface area contributed by atoms with Gasteiger partial charge in [0.15, 0.2) is 0 Å². The van der Waals surface area contributed by atoms with Crippen LogP contribution in [0.25, 0.3) is 0 Å². The minimum Gasteiger partial charge on any atom is -0.350 e. The van der Waals surface area contributed by atoms with E-state index in [4.69, 9.17) is 11.6 Å². The first-order valence-electron chi connectivity index (χ1n) is 8.01. The van der Waals surface area contributed by atoms with Gasteiger partial charge in [0.25, 0.3) is 5.91 Å². The Labute approximate surface area is 141 Å². The van der Waals surface area contributed by atoms with E-state index >= 15 is 0 Å². The normalized spacial score (nSPS) is 17.9. The zero-order valence-corrected chi connectivity index (χ0v) is 13.7.